The molecular weight excluding hydrogens is 242 g/mol. The van der Waals surface area contributed by atoms with Crippen LogP contribution in [-0.4, -0.2) is 5.24 Å². The van der Waals surface area contributed by atoms with Crippen molar-refractivity contribution >= 4 is 40.0 Å². The molecule has 0 aromatic heterocycles. The maximum atomic E-state index is 10.9. The molecule has 0 heterocycles. The van der Waals surface area contributed by atoms with E-state index in [9.17, 15) is 4.79 Å². The summed E-state index contributed by atoms with van der Waals surface area (Å²) in [5.41, 5.74) is 1.16. The standard InChI is InChI=1S/C10H9Cl3O/c1-10(2,13)6-3-4-7(9(12)14)8(11)5-6/h3-5H,1-2H3. The number of carbonyl (C=O) groups excluding carboxylic acids is 1. The summed E-state index contributed by atoms with van der Waals surface area (Å²) in [6, 6.07) is 4.98. The summed E-state index contributed by atoms with van der Waals surface area (Å²) in [5.74, 6) is 0. The lowest BCUT2D eigenvalue weighted by molar-refractivity contribution is 0.108. The van der Waals surface area contributed by atoms with Gasteiger partial charge in [0.2, 0.25) is 0 Å². The largest absolute Gasteiger partial charge is 0.276 e. The smallest absolute Gasteiger partial charge is 0.253 e. The first-order chi connectivity index (χ1) is 6.32. The van der Waals surface area contributed by atoms with E-state index in [1.54, 1.807) is 18.2 Å². The molecular formula is C10H9Cl3O. The van der Waals surface area contributed by atoms with Gasteiger partial charge in [-0.05, 0) is 43.1 Å². The second kappa shape index (κ2) is 4.09. The highest BCUT2D eigenvalue weighted by Gasteiger charge is 2.18. The van der Waals surface area contributed by atoms with Crippen molar-refractivity contribution in [1.29, 1.82) is 0 Å². The van der Waals surface area contributed by atoms with E-state index in [1.165, 1.54) is 0 Å². The summed E-state index contributed by atoms with van der Waals surface area (Å²) >= 11 is 17.3. The lowest BCUT2D eigenvalue weighted by Crippen LogP contribution is -2.07. The first-order valence-electron chi connectivity index (χ1n) is 4.01. The van der Waals surface area contributed by atoms with E-state index in [0.29, 0.717) is 10.6 Å². The molecule has 0 aliphatic carbocycles. The molecule has 1 nitrogen and oxygen atoms in total. The van der Waals surface area contributed by atoms with Crippen LogP contribution in [0.3, 0.4) is 0 Å². The van der Waals surface area contributed by atoms with E-state index in [4.69, 9.17) is 34.8 Å². The monoisotopic (exact) mass is 250 g/mol. The van der Waals surface area contributed by atoms with E-state index in [-0.39, 0.29) is 0 Å². The maximum Gasteiger partial charge on any atom is 0.253 e. The second-order valence-electron chi connectivity index (χ2n) is 3.44. The van der Waals surface area contributed by atoms with Gasteiger partial charge in [0.05, 0.1) is 15.5 Å². The molecule has 0 aliphatic rings. The molecule has 0 bridgehead atoms. The molecule has 0 amide bonds. The number of benzene rings is 1. The van der Waals surface area contributed by atoms with Crippen molar-refractivity contribution in [3.8, 4) is 0 Å². The van der Waals surface area contributed by atoms with Crippen molar-refractivity contribution < 1.29 is 4.79 Å². The Morgan fingerprint density at radius 3 is 2.29 bits per heavy atom. The quantitative estimate of drug-likeness (QED) is 0.569. The van der Waals surface area contributed by atoms with Crippen LogP contribution in [0.4, 0.5) is 0 Å². The molecule has 0 fully saturated rings. The van der Waals surface area contributed by atoms with E-state index in [0.717, 1.165) is 5.56 Å². The van der Waals surface area contributed by atoms with Gasteiger partial charge >= 0.3 is 0 Å². The van der Waals surface area contributed by atoms with Crippen molar-refractivity contribution in [1.82, 2.24) is 0 Å². The van der Waals surface area contributed by atoms with Crippen LogP contribution in [0.1, 0.15) is 29.8 Å². The Balaban J connectivity index is 3.20. The first-order valence-corrected chi connectivity index (χ1v) is 5.14. The molecule has 0 N–H and O–H groups in total. The fourth-order valence-electron chi connectivity index (χ4n) is 1.04. The van der Waals surface area contributed by atoms with Crippen LogP contribution >= 0.6 is 34.8 Å². The Labute approximate surface area is 98.0 Å². The predicted octanol–water partition coefficient (Wildman–Crippen LogP) is 4.19. The minimum Gasteiger partial charge on any atom is -0.276 e. The van der Waals surface area contributed by atoms with Crippen LogP contribution in [-0.2, 0) is 4.87 Å². The van der Waals surface area contributed by atoms with Gasteiger partial charge in [0.1, 0.15) is 0 Å². The molecule has 0 radical (unpaired) electrons. The van der Waals surface area contributed by atoms with Crippen LogP contribution in [0.25, 0.3) is 0 Å². The Hall–Kier alpha value is -0.240. The topological polar surface area (TPSA) is 17.1 Å². The third-order valence-electron chi connectivity index (χ3n) is 1.87. The van der Waals surface area contributed by atoms with Gasteiger partial charge in [-0.2, -0.15) is 0 Å². The zero-order valence-electron chi connectivity index (χ0n) is 7.77. The van der Waals surface area contributed by atoms with Gasteiger partial charge in [0.25, 0.3) is 5.24 Å². The predicted molar refractivity (Wildman–Crippen MR) is 60.5 cm³/mol. The summed E-state index contributed by atoms with van der Waals surface area (Å²) in [4.78, 5) is 10.4. The zero-order chi connectivity index (χ0) is 10.9. The van der Waals surface area contributed by atoms with Crippen LogP contribution in [0.2, 0.25) is 5.02 Å². The van der Waals surface area contributed by atoms with Crippen molar-refractivity contribution in [2.24, 2.45) is 0 Å². The highest BCUT2D eigenvalue weighted by Crippen LogP contribution is 2.31. The molecule has 0 unspecified atom stereocenters. The number of hydrogen-bond donors (Lipinski definition) is 0. The number of carbonyl (C=O) groups is 1. The molecule has 14 heavy (non-hydrogen) atoms. The Morgan fingerprint density at radius 1 is 1.36 bits per heavy atom. The van der Waals surface area contributed by atoms with Gasteiger partial charge in [0.15, 0.2) is 0 Å². The lowest BCUT2D eigenvalue weighted by atomic mass is 10.0. The van der Waals surface area contributed by atoms with Crippen molar-refractivity contribution in [2.45, 2.75) is 18.7 Å². The average Bonchev–Trinajstić information content (AvgIpc) is 2.01. The van der Waals surface area contributed by atoms with Crippen LogP contribution < -0.4 is 0 Å². The Kier molecular flexibility index (Phi) is 3.46. The molecule has 1 rings (SSSR count). The minimum atomic E-state index is -0.561. The average molecular weight is 252 g/mol. The van der Waals surface area contributed by atoms with E-state index in [1.807, 2.05) is 13.8 Å². The molecule has 76 valence electrons. The van der Waals surface area contributed by atoms with Gasteiger partial charge in [-0.1, -0.05) is 17.7 Å². The van der Waals surface area contributed by atoms with Crippen LogP contribution in [0.15, 0.2) is 18.2 Å². The normalized spacial score (nSPS) is 11.5. The fourth-order valence-corrected chi connectivity index (χ4v) is 1.64. The van der Waals surface area contributed by atoms with Crippen molar-refractivity contribution in [3.63, 3.8) is 0 Å². The van der Waals surface area contributed by atoms with Crippen LogP contribution in [0.5, 0.6) is 0 Å². The van der Waals surface area contributed by atoms with Crippen molar-refractivity contribution in [3.05, 3.63) is 34.3 Å². The third kappa shape index (κ3) is 2.63. The second-order valence-corrected chi connectivity index (χ2v) is 5.14. The first kappa shape index (κ1) is 11.8. The lowest BCUT2D eigenvalue weighted by Gasteiger charge is -2.16. The summed E-state index contributed by atoms with van der Waals surface area (Å²) in [6.45, 7) is 3.70. The minimum absolute atomic E-state index is 0.304. The Morgan fingerprint density at radius 2 is 1.93 bits per heavy atom. The molecule has 0 spiro atoms. The molecule has 0 atom stereocenters. The third-order valence-corrected chi connectivity index (χ3v) is 2.60. The highest BCUT2D eigenvalue weighted by atomic mass is 35.5. The van der Waals surface area contributed by atoms with Gasteiger partial charge in [-0.25, -0.2) is 0 Å². The highest BCUT2D eigenvalue weighted by molar-refractivity contribution is 6.68. The van der Waals surface area contributed by atoms with Gasteiger partial charge in [0, 0.05) is 0 Å². The SMILES string of the molecule is CC(C)(Cl)c1ccc(C(=O)Cl)c(Cl)c1. The fraction of sp³-hybridized carbons (Fsp3) is 0.300. The summed E-state index contributed by atoms with van der Waals surface area (Å²) in [6.07, 6.45) is 0. The van der Waals surface area contributed by atoms with E-state index < -0.39 is 10.1 Å². The van der Waals surface area contributed by atoms with Crippen LogP contribution in [0, 0.1) is 0 Å². The molecule has 0 aliphatic heterocycles. The molecule has 1 aromatic carbocycles. The summed E-state index contributed by atoms with van der Waals surface area (Å²) in [5, 5.41) is -0.231. The molecule has 0 saturated heterocycles. The van der Waals surface area contributed by atoms with Gasteiger partial charge < -0.3 is 0 Å². The van der Waals surface area contributed by atoms with E-state index in [2.05, 4.69) is 0 Å². The Bertz CT molecular complexity index is 366. The van der Waals surface area contributed by atoms with E-state index >= 15 is 0 Å². The number of halogens is 3. The van der Waals surface area contributed by atoms with Gasteiger partial charge in [-0.15, -0.1) is 11.6 Å². The number of hydrogen-bond acceptors (Lipinski definition) is 1. The number of rotatable bonds is 2. The summed E-state index contributed by atoms with van der Waals surface area (Å²) < 4.78 is 0. The summed E-state index contributed by atoms with van der Waals surface area (Å²) in [7, 11) is 0. The molecule has 0 saturated carbocycles. The van der Waals surface area contributed by atoms with Crippen molar-refractivity contribution in [2.75, 3.05) is 0 Å². The zero-order valence-corrected chi connectivity index (χ0v) is 10.0. The number of alkyl halides is 1. The maximum absolute atomic E-state index is 10.9. The molecule has 1 aromatic rings. The molecule has 4 heteroatoms. The van der Waals surface area contributed by atoms with Gasteiger partial charge in [-0.3, -0.25) is 4.79 Å².